The highest BCUT2D eigenvalue weighted by Crippen LogP contribution is 2.25. The van der Waals surface area contributed by atoms with Crippen molar-refractivity contribution in [1.29, 1.82) is 0 Å². The van der Waals surface area contributed by atoms with Crippen LogP contribution in [0.1, 0.15) is 16.1 Å². The van der Waals surface area contributed by atoms with Gasteiger partial charge in [-0.1, -0.05) is 23.7 Å². The molecule has 1 aromatic heterocycles. The summed E-state index contributed by atoms with van der Waals surface area (Å²) in [6.07, 6.45) is 1.42. The number of aliphatic hydroxyl groups excluding tert-OH is 1. The molecule has 3 aromatic rings. The van der Waals surface area contributed by atoms with E-state index in [1.807, 2.05) is 6.07 Å². The van der Waals surface area contributed by atoms with Crippen LogP contribution in [0.2, 0.25) is 5.02 Å². The first-order chi connectivity index (χ1) is 15.0. The lowest BCUT2D eigenvalue weighted by atomic mass is 10.2. The van der Waals surface area contributed by atoms with E-state index in [0.29, 0.717) is 27.9 Å². The lowest BCUT2D eigenvalue weighted by Crippen LogP contribution is -2.36. The number of benzene rings is 2. The van der Waals surface area contributed by atoms with Crippen LogP contribution in [0.15, 0.2) is 70.8 Å². The van der Waals surface area contributed by atoms with E-state index in [9.17, 15) is 9.59 Å². The Morgan fingerprint density at radius 3 is 2.58 bits per heavy atom. The van der Waals surface area contributed by atoms with Gasteiger partial charge in [-0.3, -0.25) is 9.59 Å². The first-order valence-corrected chi connectivity index (χ1v) is 9.80. The molecule has 0 aliphatic carbocycles. The van der Waals surface area contributed by atoms with Crippen molar-refractivity contribution in [3.63, 3.8) is 0 Å². The van der Waals surface area contributed by atoms with E-state index in [2.05, 4.69) is 10.6 Å². The summed E-state index contributed by atoms with van der Waals surface area (Å²) in [7, 11) is 1.53. The largest absolute Gasteiger partial charge is 0.497 e. The molecule has 2 aromatic carbocycles. The third-order valence-corrected chi connectivity index (χ3v) is 4.50. The zero-order valence-corrected chi connectivity index (χ0v) is 17.5. The molecule has 0 unspecified atom stereocenters. The SMILES string of the molecule is COc1ccc(C(=O)N/C(=C\c2ccc(-c3cccc(Cl)c3)o2)C(=O)NCCO)cc1. The second-order valence-corrected chi connectivity index (χ2v) is 6.87. The van der Waals surface area contributed by atoms with Crippen LogP contribution in [0.25, 0.3) is 17.4 Å². The standard InChI is InChI=1S/C23H21ClN2O5/c1-30-18-7-5-15(6-8-18)22(28)26-20(23(29)25-11-12-27)14-19-9-10-21(31-19)16-3-2-4-17(24)13-16/h2-10,13-14,27H,11-12H2,1H3,(H,25,29)(H,26,28)/b20-14-. The van der Waals surface area contributed by atoms with E-state index in [1.165, 1.54) is 13.2 Å². The van der Waals surface area contributed by atoms with Crippen molar-refractivity contribution in [2.45, 2.75) is 0 Å². The van der Waals surface area contributed by atoms with E-state index < -0.39 is 11.8 Å². The number of halogens is 1. The smallest absolute Gasteiger partial charge is 0.268 e. The number of furan rings is 1. The van der Waals surface area contributed by atoms with Gasteiger partial charge in [-0.05, 0) is 48.5 Å². The Labute approximate surface area is 184 Å². The van der Waals surface area contributed by atoms with Crippen LogP contribution in [0.4, 0.5) is 0 Å². The number of methoxy groups -OCH3 is 1. The Balaban J connectivity index is 1.85. The molecule has 0 atom stereocenters. The molecule has 3 N–H and O–H groups in total. The summed E-state index contributed by atoms with van der Waals surface area (Å²) < 4.78 is 10.9. The lowest BCUT2D eigenvalue weighted by Gasteiger charge is -2.10. The lowest BCUT2D eigenvalue weighted by molar-refractivity contribution is -0.117. The minimum atomic E-state index is -0.559. The van der Waals surface area contributed by atoms with Crippen LogP contribution in [0.5, 0.6) is 5.75 Å². The van der Waals surface area contributed by atoms with Gasteiger partial charge in [0.2, 0.25) is 0 Å². The predicted molar refractivity (Wildman–Crippen MR) is 118 cm³/mol. The van der Waals surface area contributed by atoms with Crippen molar-refractivity contribution in [1.82, 2.24) is 10.6 Å². The van der Waals surface area contributed by atoms with E-state index in [1.54, 1.807) is 54.6 Å². The molecule has 0 saturated carbocycles. The van der Waals surface area contributed by atoms with E-state index >= 15 is 0 Å². The molecule has 0 radical (unpaired) electrons. The van der Waals surface area contributed by atoms with Gasteiger partial charge in [0.05, 0.1) is 13.7 Å². The van der Waals surface area contributed by atoms with Gasteiger partial charge in [0.25, 0.3) is 11.8 Å². The monoisotopic (exact) mass is 440 g/mol. The maximum atomic E-state index is 12.6. The number of nitrogens with one attached hydrogen (secondary N) is 2. The van der Waals surface area contributed by atoms with E-state index in [-0.39, 0.29) is 18.8 Å². The van der Waals surface area contributed by atoms with E-state index in [0.717, 1.165) is 5.56 Å². The number of carbonyl (C=O) groups excluding carboxylic acids is 2. The molecule has 31 heavy (non-hydrogen) atoms. The van der Waals surface area contributed by atoms with Crippen molar-refractivity contribution >= 4 is 29.5 Å². The number of rotatable bonds is 8. The third-order valence-electron chi connectivity index (χ3n) is 4.26. The van der Waals surface area contributed by atoms with Gasteiger partial charge < -0.3 is 24.9 Å². The van der Waals surface area contributed by atoms with Gasteiger partial charge in [0.15, 0.2) is 0 Å². The number of aliphatic hydroxyl groups is 1. The second kappa shape index (κ2) is 10.5. The van der Waals surface area contributed by atoms with Gasteiger partial charge in [-0.15, -0.1) is 0 Å². The van der Waals surface area contributed by atoms with Gasteiger partial charge in [-0.25, -0.2) is 0 Å². The number of ether oxygens (including phenoxy) is 1. The predicted octanol–water partition coefficient (Wildman–Crippen LogP) is 3.49. The van der Waals surface area contributed by atoms with Gasteiger partial charge in [0.1, 0.15) is 23.0 Å². The van der Waals surface area contributed by atoms with Gasteiger partial charge in [0, 0.05) is 28.8 Å². The first kappa shape index (κ1) is 22.1. The minimum Gasteiger partial charge on any atom is -0.497 e. The molecular weight excluding hydrogens is 420 g/mol. The maximum Gasteiger partial charge on any atom is 0.268 e. The first-order valence-electron chi connectivity index (χ1n) is 9.42. The Morgan fingerprint density at radius 1 is 1.13 bits per heavy atom. The fourth-order valence-corrected chi connectivity index (χ4v) is 2.92. The summed E-state index contributed by atoms with van der Waals surface area (Å²) >= 11 is 6.03. The summed E-state index contributed by atoms with van der Waals surface area (Å²) in [4.78, 5) is 25.1. The van der Waals surface area contributed by atoms with Gasteiger partial charge >= 0.3 is 0 Å². The third kappa shape index (κ3) is 5.97. The van der Waals surface area contributed by atoms with Crippen LogP contribution in [-0.2, 0) is 4.79 Å². The molecule has 0 fully saturated rings. The fourth-order valence-electron chi connectivity index (χ4n) is 2.73. The molecule has 0 aliphatic rings. The normalized spacial score (nSPS) is 11.1. The number of carbonyl (C=O) groups is 2. The molecule has 2 amide bonds. The van der Waals surface area contributed by atoms with Crippen molar-refractivity contribution in [2.75, 3.05) is 20.3 Å². The summed E-state index contributed by atoms with van der Waals surface area (Å²) in [5, 5.41) is 14.7. The summed E-state index contributed by atoms with van der Waals surface area (Å²) in [6, 6.07) is 17.0. The Hall–Kier alpha value is -3.55. The van der Waals surface area contributed by atoms with Crippen LogP contribution >= 0.6 is 11.6 Å². The van der Waals surface area contributed by atoms with Crippen molar-refractivity contribution < 1.29 is 23.8 Å². The molecule has 3 rings (SSSR count). The van der Waals surface area contributed by atoms with Crippen LogP contribution in [0, 0.1) is 0 Å². The zero-order valence-electron chi connectivity index (χ0n) is 16.7. The summed E-state index contributed by atoms with van der Waals surface area (Å²) in [5.41, 5.74) is 1.10. The molecule has 1 heterocycles. The Morgan fingerprint density at radius 2 is 1.90 bits per heavy atom. The number of amides is 2. The molecule has 8 heteroatoms. The highest BCUT2D eigenvalue weighted by Gasteiger charge is 2.16. The average Bonchev–Trinajstić information content (AvgIpc) is 3.25. The highest BCUT2D eigenvalue weighted by atomic mass is 35.5. The Kier molecular flexibility index (Phi) is 7.48. The molecule has 0 bridgehead atoms. The van der Waals surface area contributed by atoms with E-state index in [4.69, 9.17) is 25.9 Å². The van der Waals surface area contributed by atoms with Crippen molar-refractivity contribution in [2.24, 2.45) is 0 Å². The molecule has 160 valence electrons. The highest BCUT2D eigenvalue weighted by molar-refractivity contribution is 6.30. The molecule has 0 saturated heterocycles. The molecule has 0 spiro atoms. The van der Waals surface area contributed by atoms with Crippen molar-refractivity contribution in [3.05, 3.63) is 82.7 Å². The minimum absolute atomic E-state index is 0.0266. The molecular formula is C23H21ClN2O5. The maximum absolute atomic E-state index is 12.6. The summed E-state index contributed by atoms with van der Waals surface area (Å²) in [5.74, 6) is 0.493. The van der Waals surface area contributed by atoms with Gasteiger partial charge in [-0.2, -0.15) is 0 Å². The molecule has 0 aliphatic heterocycles. The number of hydrogen-bond donors (Lipinski definition) is 3. The van der Waals surface area contributed by atoms with Crippen LogP contribution < -0.4 is 15.4 Å². The van der Waals surface area contributed by atoms with Crippen LogP contribution in [-0.4, -0.2) is 37.2 Å². The van der Waals surface area contributed by atoms with Crippen molar-refractivity contribution in [3.8, 4) is 17.1 Å². The zero-order chi connectivity index (χ0) is 22.2. The number of hydrogen-bond acceptors (Lipinski definition) is 5. The topological polar surface area (TPSA) is 101 Å². The fraction of sp³-hybridized carbons (Fsp3) is 0.130. The Bertz CT molecular complexity index is 1090. The second-order valence-electron chi connectivity index (χ2n) is 6.43. The quantitative estimate of drug-likeness (QED) is 0.465. The van der Waals surface area contributed by atoms with Crippen LogP contribution in [0.3, 0.4) is 0 Å². The average molecular weight is 441 g/mol. The summed E-state index contributed by atoms with van der Waals surface area (Å²) in [6.45, 7) is -0.189. The molecule has 7 nitrogen and oxygen atoms in total.